The van der Waals surface area contributed by atoms with Crippen molar-refractivity contribution in [2.75, 3.05) is 6.61 Å². The van der Waals surface area contributed by atoms with Gasteiger partial charge in [0.25, 0.3) is 0 Å². The molecule has 0 spiro atoms. The summed E-state index contributed by atoms with van der Waals surface area (Å²) in [7, 11) is 0. The standard InChI is InChI=1S/C10H17BrO2/c1-2-12-10-8(11)6-9(10)13-7-4-3-5-7/h7-10H,2-6H2,1H3. The van der Waals surface area contributed by atoms with Gasteiger partial charge in [0.05, 0.1) is 18.3 Å². The van der Waals surface area contributed by atoms with E-state index in [0.29, 0.717) is 23.1 Å². The van der Waals surface area contributed by atoms with Crippen LogP contribution in [0, 0.1) is 0 Å². The van der Waals surface area contributed by atoms with Gasteiger partial charge in [-0.15, -0.1) is 0 Å². The van der Waals surface area contributed by atoms with Gasteiger partial charge in [0.1, 0.15) is 0 Å². The summed E-state index contributed by atoms with van der Waals surface area (Å²) in [5, 5.41) is 0. The van der Waals surface area contributed by atoms with Crippen LogP contribution >= 0.6 is 15.9 Å². The van der Waals surface area contributed by atoms with Crippen LogP contribution in [0.15, 0.2) is 0 Å². The molecule has 0 aromatic rings. The Hall–Kier alpha value is 0.400. The molecule has 0 bridgehead atoms. The monoisotopic (exact) mass is 248 g/mol. The fraction of sp³-hybridized carbons (Fsp3) is 1.00. The van der Waals surface area contributed by atoms with Gasteiger partial charge in [-0.3, -0.25) is 0 Å². The van der Waals surface area contributed by atoms with E-state index in [1.165, 1.54) is 19.3 Å². The highest BCUT2D eigenvalue weighted by Crippen LogP contribution is 2.36. The van der Waals surface area contributed by atoms with Crippen LogP contribution in [0.5, 0.6) is 0 Å². The smallest absolute Gasteiger partial charge is 0.0962 e. The minimum atomic E-state index is 0.297. The molecule has 2 rings (SSSR count). The molecule has 0 N–H and O–H groups in total. The minimum Gasteiger partial charge on any atom is -0.375 e. The van der Waals surface area contributed by atoms with Crippen LogP contribution in [0.2, 0.25) is 0 Å². The molecule has 2 fully saturated rings. The van der Waals surface area contributed by atoms with Crippen LogP contribution in [0.1, 0.15) is 32.6 Å². The lowest BCUT2D eigenvalue weighted by Crippen LogP contribution is -2.52. The predicted molar refractivity (Wildman–Crippen MR) is 55.3 cm³/mol. The molecule has 3 atom stereocenters. The van der Waals surface area contributed by atoms with Crippen molar-refractivity contribution >= 4 is 15.9 Å². The lowest BCUT2D eigenvalue weighted by atomic mass is 9.89. The maximum absolute atomic E-state index is 5.90. The first-order valence-electron chi connectivity index (χ1n) is 5.22. The van der Waals surface area contributed by atoms with Crippen molar-refractivity contribution in [3.8, 4) is 0 Å². The van der Waals surface area contributed by atoms with Gasteiger partial charge in [-0.2, -0.15) is 0 Å². The second-order valence-corrected chi connectivity index (χ2v) is 5.08. The van der Waals surface area contributed by atoms with Crippen LogP contribution < -0.4 is 0 Å². The van der Waals surface area contributed by atoms with Crippen molar-refractivity contribution in [1.29, 1.82) is 0 Å². The second-order valence-electron chi connectivity index (χ2n) is 3.90. The van der Waals surface area contributed by atoms with Crippen LogP contribution in [-0.4, -0.2) is 29.7 Å². The van der Waals surface area contributed by atoms with Crippen molar-refractivity contribution in [1.82, 2.24) is 0 Å². The van der Waals surface area contributed by atoms with E-state index < -0.39 is 0 Å². The van der Waals surface area contributed by atoms with E-state index in [4.69, 9.17) is 9.47 Å². The first-order valence-corrected chi connectivity index (χ1v) is 6.14. The summed E-state index contributed by atoms with van der Waals surface area (Å²) in [6.07, 6.45) is 6.15. The first-order chi connectivity index (χ1) is 6.31. The van der Waals surface area contributed by atoms with Gasteiger partial charge < -0.3 is 9.47 Å². The van der Waals surface area contributed by atoms with Crippen molar-refractivity contribution < 1.29 is 9.47 Å². The van der Waals surface area contributed by atoms with Gasteiger partial charge >= 0.3 is 0 Å². The van der Waals surface area contributed by atoms with E-state index in [1.807, 2.05) is 6.92 Å². The molecule has 0 amide bonds. The highest BCUT2D eigenvalue weighted by molar-refractivity contribution is 9.09. The molecule has 0 aromatic heterocycles. The van der Waals surface area contributed by atoms with Crippen molar-refractivity contribution in [2.45, 2.75) is 55.7 Å². The molecule has 3 heteroatoms. The molecule has 2 aliphatic rings. The third-order valence-corrected chi connectivity index (χ3v) is 3.85. The summed E-state index contributed by atoms with van der Waals surface area (Å²) in [5.74, 6) is 0. The molecule has 2 aliphatic carbocycles. The first kappa shape index (κ1) is 9.94. The summed E-state index contributed by atoms with van der Waals surface area (Å²) >= 11 is 3.59. The Labute approximate surface area is 88.1 Å². The SMILES string of the molecule is CCOC1C(Br)CC1OC1CCC1. The number of rotatable bonds is 4. The zero-order valence-electron chi connectivity index (χ0n) is 8.04. The summed E-state index contributed by atoms with van der Waals surface area (Å²) in [4.78, 5) is 0.512. The summed E-state index contributed by atoms with van der Waals surface area (Å²) in [6, 6.07) is 0. The largest absolute Gasteiger partial charge is 0.375 e. The maximum atomic E-state index is 5.90. The van der Waals surface area contributed by atoms with Crippen LogP contribution in [0.3, 0.4) is 0 Å². The molecule has 2 saturated carbocycles. The number of hydrogen-bond acceptors (Lipinski definition) is 2. The second kappa shape index (κ2) is 4.28. The van der Waals surface area contributed by atoms with E-state index in [9.17, 15) is 0 Å². The van der Waals surface area contributed by atoms with E-state index >= 15 is 0 Å². The van der Waals surface area contributed by atoms with Gasteiger partial charge in [-0.1, -0.05) is 15.9 Å². The normalized spacial score (nSPS) is 39.7. The maximum Gasteiger partial charge on any atom is 0.0962 e. The fourth-order valence-electron chi connectivity index (χ4n) is 1.82. The molecule has 13 heavy (non-hydrogen) atoms. The topological polar surface area (TPSA) is 18.5 Å². The van der Waals surface area contributed by atoms with Crippen LogP contribution in [-0.2, 0) is 9.47 Å². The number of hydrogen-bond donors (Lipinski definition) is 0. The average molecular weight is 249 g/mol. The third-order valence-electron chi connectivity index (χ3n) is 2.96. The van der Waals surface area contributed by atoms with E-state index in [1.54, 1.807) is 0 Å². The Balaban J connectivity index is 1.73. The molecular formula is C10H17BrO2. The van der Waals surface area contributed by atoms with Crippen molar-refractivity contribution in [3.05, 3.63) is 0 Å². The third kappa shape index (κ3) is 2.08. The minimum absolute atomic E-state index is 0.297. The molecule has 0 radical (unpaired) electrons. The summed E-state index contributed by atoms with van der Waals surface area (Å²) in [5.41, 5.74) is 0. The molecule has 0 aromatic carbocycles. The van der Waals surface area contributed by atoms with Gasteiger partial charge in [-0.25, -0.2) is 0 Å². The van der Waals surface area contributed by atoms with E-state index in [2.05, 4.69) is 15.9 Å². The van der Waals surface area contributed by atoms with Gasteiger partial charge in [0.15, 0.2) is 0 Å². The van der Waals surface area contributed by atoms with Gasteiger partial charge in [0.2, 0.25) is 0 Å². The zero-order valence-corrected chi connectivity index (χ0v) is 9.63. The summed E-state index contributed by atoms with van der Waals surface area (Å²) in [6.45, 7) is 2.83. The lowest BCUT2D eigenvalue weighted by Gasteiger charge is -2.44. The lowest BCUT2D eigenvalue weighted by molar-refractivity contribution is -0.158. The van der Waals surface area contributed by atoms with E-state index in [-0.39, 0.29) is 0 Å². The Kier molecular flexibility index (Phi) is 3.27. The van der Waals surface area contributed by atoms with Gasteiger partial charge in [0, 0.05) is 11.4 Å². The Morgan fingerprint density at radius 1 is 1.38 bits per heavy atom. The molecule has 3 unspecified atom stereocenters. The Morgan fingerprint density at radius 3 is 2.62 bits per heavy atom. The van der Waals surface area contributed by atoms with Crippen LogP contribution in [0.25, 0.3) is 0 Å². The Bertz CT molecular complexity index is 170. The quantitative estimate of drug-likeness (QED) is 0.713. The molecule has 0 aliphatic heterocycles. The number of ether oxygens (including phenoxy) is 2. The highest BCUT2D eigenvalue weighted by Gasteiger charge is 2.42. The van der Waals surface area contributed by atoms with Gasteiger partial charge in [-0.05, 0) is 32.6 Å². The molecular weight excluding hydrogens is 232 g/mol. The molecule has 0 heterocycles. The number of halogens is 1. The zero-order chi connectivity index (χ0) is 9.26. The predicted octanol–water partition coefficient (Wildman–Crippen LogP) is 2.50. The van der Waals surface area contributed by atoms with Crippen LogP contribution in [0.4, 0.5) is 0 Å². The molecule has 76 valence electrons. The van der Waals surface area contributed by atoms with Crippen molar-refractivity contribution in [2.24, 2.45) is 0 Å². The summed E-state index contributed by atoms with van der Waals surface area (Å²) < 4.78 is 11.5. The Morgan fingerprint density at radius 2 is 2.15 bits per heavy atom. The van der Waals surface area contributed by atoms with E-state index in [0.717, 1.165) is 13.0 Å². The highest BCUT2D eigenvalue weighted by atomic mass is 79.9. The fourth-order valence-corrected chi connectivity index (χ4v) is 2.68. The average Bonchev–Trinajstić information content (AvgIpc) is 2.04. The molecule has 0 saturated heterocycles. The molecule has 2 nitrogen and oxygen atoms in total. The van der Waals surface area contributed by atoms with Crippen molar-refractivity contribution in [3.63, 3.8) is 0 Å². The number of alkyl halides is 1.